The van der Waals surface area contributed by atoms with Gasteiger partial charge in [0.05, 0.1) is 10.6 Å². The molecule has 2 rings (SSSR count). The number of aryl methyl sites for hydroxylation is 1. The third-order valence-corrected chi connectivity index (χ3v) is 4.53. The number of hydrogen-bond donors (Lipinski definition) is 0. The molecule has 0 atom stereocenters. The van der Waals surface area contributed by atoms with Crippen molar-refractivity contribution in [3.63, 3.8) is 0 Å². The second kappa shape index (κ2) is 5.85. The van der Waals surface area contributed by atoms with Gasteiger partial charge in [-0.1, -0.05) is 54.6 Å². The molecule has 0 bridgehead atoms. The van der Waals surface area contributed by atoms with Crippen molar-refractivity contribution in [1.29, 1.82) is 0 Å². The van der Waals surface area contributed by atoms with Gasteiger partial charge in [-0.05, 0) is 30.2 Å². The highest BCUT2D eigenvalue weighted by Crippen LogP contribution is 2.12. The number of hydrogen-bond acceptors (Lipinski definition) is 2. The van der Waals surface area contributed by atoms with Crippen LogP contribution in [0.3, 0.4) is 0 Å². The standard InChI is InChI=1S/C16H16O2S/c1-14-8-5-6-9-15(14)10-7-13-19(17,18)16-11-3-2-4-12-16/h2-12H,13H2,1H3/b10-7+. The van der Waals surface area contributed by atoms with Crippen LogP contribution >= 0.6 is 0 Å². The Labute approximate surface area is 114 Å². The van der Waals surface area contributed by atoms with E-state index in [4.69, 9.17) is 0 Å². The first kappa shape index (κ1) is 13.6. The SMILES string of the molecule is Cc1ccccc1/C=C/CS(=O)(=O)c1ccccc1. The molecule has 0 spiro atoms. The van der Waals surface area contributed by atoms with Crippen molar-refractivity contribution in [3.05, 3.63) is 71.8 Å². The molecule has 0 fully saturated rings. The van der Waals surface area contributed by atoms with E-state index >= 15 is 0 Å². The largest absolute Gasteiger partial charge is 0.223 e. The molecule has 0 amide bonds. The Balaban J connectivity index is 2.13. The summed E-state index contributed by atoms with van der Waals surface area (Å²) in [6.07, 6.45) is 3.56. The van der Waals surface area contributed by atoms with Crippen molar-refractivity contribution >= 4 is 15.9 Å². The molecule has 3 heteroatoms. The average Bonchev–Trinajstić information content (AvgIpc) is 2.42. The molecule has 0 unspecified atom stereocenters. The highest BCUT2D eigenvalue weighted by Gasteiger charge is 2.10. The smallest absolute Gasteiger partial charge is 0.181 e. The average molecular weight is 272 g/mol. The maximum atomic E-state index is 12.1. The number of rotatable bonds is 4. The molecule has 98 valence electrons. The van der Waals surface area contributed by atoms with Crippen LogP contribution in [0, 0.1) is 6.92 Å². The lowest BCUT2D eigenvalue weighted by molar-refractivity contribution is 0.599. The molecule has 0 aliphatic carbocycles. The van der Waals surface area contributed by atoms with E-state index in [9.17, 15) is 8.42 Å². The predicted molar refractivity (Wildman–Crippen MR) is 78.7 cm³/mol. The van der Waals surface area contributed by atoms with Crippen molar-refractivity contribution in [2.75, 3.05) is 5.75 Å². The van der Waals surface area contributed by atoms with Crippen LogP contribution in [-0.2, 0) is 9.84 Å². The third-order valence-electron chi connectivity index (χ3n) is 2.90. The van der Waals surface area contributed by atoms with Gasteiger partial charge >= 0.3 is 0 Å². The van der Waals surface area contributed by atoms with Gasteiger partial charge in [0, 0.05) is 0 Å². The van der Waals surface area contributed by atoms with E-state index in [1.54, 1.807) is 30.3 Å². The van der Waals surface area contributed by atoms with Crippen LogP contribution in [0.1, 0.15) is 11.1 Å². The van der Waals surface area contributed by atoms with Crippen molar-refractivity contribution in [1.82, 2.24) is 0 Å². The first-order valence-corrected chi connectivity index (χ1v) is 7.75. The van der Waals surface area contributed by atoms with Crippen molar-refractivity contribution < 1.29 is 8.42 Å². The van der Waals surface area contributed by atoms with Gasteiger partial charge < -0.3 is 0 Å². The molecule has 0 aliphatic heterocycles. The summed E-state index contributed by atoms with van der Waals surface area (Å²) in [5.41, 5.74) is 2.18. The number of sulfone groups is 1. The second-order valence-electron chi connectivity index (χ2n) is 4.35. The summed E-state index contributed by atoms with van der Waals surface area (Å²) < 4.78 is 24.1. The maximum Gasteiger partial charge on any atom is 0.181 e. The first-order chi connectivity index (χ1) is 9.09. The van der Waals surface area contributed by atoms with Gasteiger partial charge in [-0.3, -0.25) is 0 Å². The molecule has 0 radical (unpaired) electrons. The summed E-state index contributed by atoms with van der Waals surface area (Å²) in [4.78, 5) is 0.365. The summed E-state index contributed by atoms with van der Waals surface area (Å²) in [7, 11) is -3.23. The molecule has 2 aromatic carbocycles. The Kier molecular flexibility index (Phi) is 4.17. The Bertz CT molecular complexity index is 671. The molecular weight excluding hydrogens is 256 g/mol. The highest BCUT2D eigenvalue weighted by molar-refractivity contribution is 7.91. The fraction of sp³-hybridized carbons (Fsp3) is 0.125. The topological polar surface area (TPSA) is 34.1 Å². The van der Waals surface area contributed by atoms with E-state index in [0.717, 1.165) is 11.1 Å². The summed E-state index contributed by atoms with van der Waals surface area (Å²) in [6, 6.07) is 16.4. The summed E-state index contributed by atoms with van der Waals surface area (Å²) in [5, 5.41) is 0. The van der Waals surface area contributed by atoms with E-state index in [0.29, 0.717) is 4.90 Å². The van der Waals surface area contributed by atoms with Gasteiger partial charge in [0.1, 0.15) is 0 Å². The van der Waals surface area contributed by atoms with Gasteiger partial charge in [0.25, 0.3) is 0 Å². The quantitative estimate of drug-likeness (QED) is 0.854. The minimum atomic E-state index is -3.23. The molecular formula is C16H16O2S. The van der Waals surface area contributed by atoms with Gasteiger partial charge in [-0.25, -0.2) is 8.42 Å². The van der Waals surface area contributed by atoms with E-state index in [1.807, 2.05) is 43.3 Å². The predicted octanol–water partition coefficient (Wildman–Crippen LogP) is 3.48. The fourth-order valence-corrected chi connectivity index (χ4v) is 2.91. The van der Waals surface area contributed by atoms with Crippen LogP contribution in [0.2, 0.25) is 0 Å². The lowest BCUT2D eigenvalue weighted by Crippen LogP contribution is -2.04. The summed E-state index contributed by atoms with van der Waals surface area (Å²) >= 11 is 0. The zero-order chi connectivity index (χ0) is 13.7. The van der Waals surface area contributed by atoms with Gasteiger partial charge in [-0.2, -0.15) is 0 Å². The normalized spacial score (nSPS) is 11.8. The van der Waals surface area contributed by atoms with E-state index in [-0.39, 0.29) is 5.75 Å². The molecule has 0 saturated carbocycles. The molecule has 0 heterocycles. The summed E-state index contributed by atoms with van der Waals surface area (Å²) in [6.45, 7) is 2.01. The fourth-order valence-electron chi connectivity index (χ4n) is 1.80. The second-order valence-corrected chi connectivity index (χ2v) is 6.39. The minimum absolute atomic E-state index is 0.0192. The minimum Gasteiger partial charge on any atom is -0.223 e. The van der Waals surface area contributed by atoms with Crippen LogP contribution in [0.4, 0.5) is 0 Å². The Morgan fingerprint density at radius 3 is 2.26 bits per heavy atom. The van der Waals surface area contributed by atoms with Crippen molar-refractivity contribution in [2.24, 2.45) is 0 Å². The van der Waals surface area contributed by atoms with Gasteiger partial charge in [0.2, 0.25) is 0 Å². The van der Waals surface area contributed by atoms with Crippen LogP contribution in [-0.4, -0.2) is 14.2 Å². The monoisotopic (exact) mass is 272 g/mol. The molecule has 0 N–H and O–H groups in total. The Hall–Kier alpha value is -1.87. The first-order valence-electron chi connectivity index (χ1n) is 6.09. The molecule has 19 heavy (non-hydrogen) atoms. The molecule has 0 aliphatic rings. The van der Waals surface area contributed by atoms with E-state index in [2.05, 4.69) is 0 Å². The Morgan fingerprint density at radius 2 is 1.58 bits per heavy atom. The highest BCUT2D eigenvalue weighted by atomic mass is 32.2. The van der Waals surface area contributed by atoms with Gasteiger partial charge in [0.15, 0.2) is 9.84 Å². The molecule has 0 aromatic heterocycles. The van der Waals surface area contributed by atoms with Gasteiger partial charge in [-0.15, -0.1) is 0 Å². The number of benzene rings is 2. The Morgan fingerprint density at radius 1 is 0.947 bits per heavy atom. The summed E-state index contributed by atoms with van der Waals surface area (Å²) in [5.74, 6) is 0.0192. The maximum absolute atomic E-state index is 12.1. The molecule has 0 saturated heterocycles. The van der Waals surface area contributed by atoms with Crippen LogP contribution in [0.5, 0.6) is 0 Å². The van der Waals surface area contributed by atoms with Crippen LogP contribution < -0.4 is 0 Å². The zero-order valence-corrected chi connectivity index (χ0v) is 11.6. The van der Waals surface area contributed by atoms with Crippen molar-refractivity contribution in [3.8, 4) is 0 Å². The molecule has 2 nitrogen and oxygen atoms in total. The molecule has 2 aromatic rings. The lowest BCUT2D eigenvalue weighted by atomic mass is 10.1. The van der Waals surface area contributed by atoms with Crippen LogP contribution in [0.15, 0.2) is 65.6 Å². The zero-order valence-electron chi connectivity index (χ0n) is 10.8. The third kappa shape index (κ3) is 3.55. The lowest BCUT2D eigenvalue weighted by Gasteiger charge is -2.01. The van der Waals surface area contributed by atoms with E-state index < -0.39 is 9.84 Å². The van der Waals surface area contributed by atoms with Crippen LogP contribution in [0.25, 0.3) is 6.08 Å². The van der Waals surface area contributed by atoms with Crippen molar-refractivity contribution in [2.45, 2.75) is 11.8 Å². The van der Waals surface area contributed by atoms with E-state index in [1.165, 1.54) is 0 Å².